The maximum atomic E-state index is 12.0. The lowest BCUT2D eigenvalue weighted by Crippen LogP contribution is -2.17. The molecular formula is C14H16N2O3. The first-order chi connectivity index (χ1) is 9.26. The molecule has 100 valence electrons. The van der Waals surface area contributed by atoms with Crippen LogP contribution in [0.2, 0.25) is 0 Å². The number of ether oxygens (including phenoxy) is 2. The van der Waals surface area contributed by atoms with Crippen LogP contribution < -0.4 is 15.0 Å². The summed E-state index contributed by atoms with van der Waals surface area (Å²) in [6.45, 7) is 0. The van der Waals surface area contributed by atoms with Gasteiger partial charge in [-0.15, -0.1) is 0 Å². The van der Waals surface area contributed by atoms with Gasteiger partial charge in [0, 0.05) is 6.07 Å². The van der Waals surface area contributed by atoms with Crippen molar-refractivity contribution in [2.24, 2.45) is 0 Å². The van der Waals surface area contributed by atoms with E-state index < -0.39 is 0 Å². The number of benzene rings is 1. The van der Waals surface area contributed by atoms with Crippen molar-refractivity contribution in [3.63, 3.8) is 0 Å². The van der Waals surface area contributed by atoms with Crippen molar-refractivity contribution in [2.75, 3.05) is 7.11 Å². The first-order valence-corrected chi connectivity index (χ1v) is 6.51. The van der Waals surface area contributed by atoms with Gasteiger partial charge in [0.2, 0.25) is 0 Å². The predicted molar refractivity (Wildman–Crippen MR) is 71.8 cm³/mol. The van der Waals surface area contributed by atoms with Crippen LogP contribution in [0.25, 0.3) is 10.9 Å². The van der Waals surface area contributed by atoms with Crippen LogP contribution in [-0.2, 0) is 0 Å². The highest BCUT2D eigenvalue weighted by molar-refractivity contribution is 5.79. The highest BCUT2D eigenvalue weighted by Crippen LogP contribution is 2.23. The number of aromatic amines is 1. The first-order valence-electron chi connectivity index (χ1n) is 6.51. The minimum absolute atomic E-state index is 0.172. The van der Waals surface area contributed by atoms with Crippen LogP contribution in [-0.4, -0.2) is 23.2 Å². The first kappa shape index (κ1) is 12.0. The van der Waals surface area contributed by atoms with Crippen LogP contribution in [0.1, 0.15) is 25.7 Å². The summed E-state index contributed by atoms with van der Waals surface area (Å²) in [5.74, 6) is 0.678. The lowest BCUT2D eigenvalue weighted by Gasteiger charge is -2.11. The second-order valence-electron chi connectivity index (χ2n) is 4.78. The number of aromatic nitrogens is 2. The third kappa shape index (κ3) is 2.41. The van der Waals surface area contributed by atoms with Gasteiger partial charge in [0.15, 0.2) is 0 Å². The highest BCUT2D eigenvalue weighted by atomic mass is 16.5. The fourth-order valence-electron chi connectivity index (χ4n) is 2.44. The van der Waals surface area contributed by atoms with Crippen LogP contribution >= 0.6 is 0 Å². The van der Waals surface area contributed by atoms with E-state index >= 15 is 0 Å². The average Bonchev–Trinajstić information content (AvgIpc) is 2.91. The van der Waals surface area contributed by atoms with Crippen LogP contribution in [0, 0.1) is 0 Å². The van der Waals surface area contributed by atoms with Gasteiger partial charge >= 0.3 is 0 Å². The van der Waals surface area contributed by atoms with Crippen LogP contribution in [0.4, 0.5) is 0 Å². The molecule has 0 bridgehead atoms. The maximum absolute atomic E-state index is 12.0. The van der Waals surface area contributed by atoms with E-state index in [9.17, 15) is 4.79 Å². The molecule has 0 spiro atoms. The number of rotatable bonds is 3. The van der Waals surface area contributed by atoms with E-state index in [1.54, 1.807) is 25.3 Å². The number of fused-ring (bicyclic) bond motifs is 1. The summed E-state index contributed by atoms with van der Waals surface area (Å²) in [5.41, 5.74) is 0.414. The van der Waals surface area contributed by atoms with E-state index in [0.29, 0.717) is 22.7 Å². The van der Waals surface area contributed by atoms with E-state index in [-0.39, 0.29) is 11.7 Å². The Hall–Kier alpha value is -2.04. The molecule has 0 aliphatic heterocycles. The molecule has 1 aromatic heterocycles. The van der Waals surface area contributed by atoms with Gasteiger partial charge in [-0.2, -0.15) is 4.98 Å². The molecule has 5 heteroatoms. The average molecular weight is 260 g/mol. The maximum Gasteiger partial charge on any atom is 0.297 e. The van der Waals surface area contributed by atoms with Gasteiger partial charge < -0.3 is 9.47 Å². The molecule has 19 heavy (non-hydrogen) atoms. The van der Waals surface area contributed by atoms with Crippen molar-refractivity contribution in [1.29, 1.82) is 0 Å². The summed E-state index contributed by atoms with van der Waals surface area (Å²) in [6.07, 6.45) is 4.58. The number of nitrogens with one attached hydrogen (secondary N) is 1. The van der Waals surface area contributed by atoms with Crippen molar-refractivity contribution >= 4 is 10.9 Å². The van der Waals surface area contributed by atoms with Gasteiger partial charge in [-0.3, -0.25) is 9.78 Å². The normalized spacial score (nSPS) is 15.8. The Kier molecular flexibility index (Phi) is 3.11. The van der Waals surface area contributed by atoms with Crippen molar-refractivity contribution < 1.29 is 9.47 Å². The fraction of sp³-hybridized carbons (Fsp3) is 0.429. The Morgan fingerprint density at radius 1 is 1.32 bits per heavy atom. The molecule has 0 radical (unpaired) electrons. The van der Waals surface area contributed by atoms with E-state index in [4.69, 9.17) is 9.47 Å². The minimum atomic E-state index is -0.180. The molecule has 0 saturated heterocycles. The molecular weight excluding hydrogens is 244 g/mol. The molecule has 1 N–H and O–H groups in total. The monoisotopic (exact) mass is 260 g/mol. The second-order valence-corrected chi connectivity index (χ2v) is 4.78. The molecule has 3 rings (SSSR count). The summed E-state index contributed by atoms with van der Waals surface area (Å²) in [6, 6.07) is 5.50. The molecule has 1 aromatic carbocycles. The standard InChI is InChI=1S/C14H16N2O3/c1-18-10-6-7-11-12(8-10)15-14(16-13(11)17)19-9-4-2-3-5-9/h6-9H,2-5H2,1H3,(H,15,16,17). The molecule has 1 aliphatic carbocycles. The quantitative estimate of drug-likeness (QED) is 0.919. The summed E-state index contributed by atoms with van der Waals surface area (Å²) in [7, 11) is 1.59. The van der Waals surface area contributed by atoms with E-state index in [1.807, 2.05) is 0 Å². The Balaban J connectivity index is 1.98. The third-order valence-electron chi connectivity index (χ3n) is 3.47. The highest BCUT2D eigenvalue weighted by Gasteiger charge is 2.18. The molecule has 0 unspecified atom stereocenters. The minimum Gasteiger partial charge on any atom is -0.497 e. The van der Waals surface area contributed by atoms with Crippen molar-refractivity contribution in [3.8, 4) is 11.8 Å². The molecule has 0 atom stereocenters. The fourth-order valence-corrected chi connectivity index (χ4v) is 2.44. The largest absolute Gasteiger partial charge is 0.497 e. The number of hydrogen-bond acceptors (Lipinski definition) is 4. The zero-order chi connectivity index (χ0) is 13.2. The van der Waals surface area contributed by atoms with Crippen molar-refractivity contribution in [2.45, 2.75) is 31.8 Å². The topological polar surface area (TPSA) is 64.2 Å². The van der Waals surface area contributed by atoms with Crippen LogP contribution in [0.5, 0.6) is 11.8 Å². The zero-order valence-corrected chi connectivity index (χ0v) is 10.8. The van der Waals surface area contributed by atoms with Gasteiger partial charge in [-0.05, 0) is 37.8 Å². The van der Waals surface area contributed by atoms with Gasteiger partial charge in [-0.25, -0.2) is 0 Å². The summed E-state index contributed by atoms with van der Waals surface area (Å²) in [5, 5.41) is 0.541. The van der Waals surface area contributed by atoms with Crippen LogP contribution in [0.15, 0.2) is 23.0 Å². The SMILES string of the molecule is COc1ccc2c(=O)[nH]c(OC3CCCC3)nc2c1. The molecule has 1 fully saturated rings. The molecule has 1 heterocycles. The molecule has 2 aromatic rings. The Bertz CT molecular complexity index is 645. The van der Waals surface area contributed by atoms with E-state index in [1.165, 1.54) is 12.8 Å². The number of nitrogens with zero attached hydrogens (tertiary/aromatic N) is 1. The Morgan fingerprint density at radius 2 is 2.11 bits per heavy atom. The smallest absolute Gasteiger partial charge is 0.297 e. The predicted octanol–water partition coefficient (Wildman–Crippen LogP) is 2.25. The lowest BCUT2D eigenvalue weighted by molar-refractivity contribution is 0.192. The second kappa shape index (κ2) is 4.91. The summed E-state index contributed by atoms with van der Waals surface area (Å²) >= 11 is 0. The molecule has 0 amide bonds. The van der Waals surface area contributed by atoms with E-state index in [2.05, 4.69) is 9.97 Å². The Morgan fingerprint density at radius 3 is 2.84 bits per heavy atom. The Labute approximate surface area is 110 Å². The third-order valence-corrected chi connectivity index (χ3v) is 3.47. The molecule has 1 saturated carbocycles. The lowest BCUT2D eigenvalue weighted by atomic mass is 10.2. The zero-order valence-electron chi connectivity index (χ0n) is 10.8. The van der Waals surface area contributed by atoms with Gasteiger partial charge in [-0.1, -0.05) is 0 Å². The number of methoxy groups -OCH3 is 1. The van der Waals surface area contributed by atoms with Gasteiger partial charge in [0.25, 0.3) is 11.6 Å². The summed E-state index contributed by atoms with van der Waals surface area (Å²) < 4.78 is 10.9. The molecule has 5 nitrogen and oxygen atoms in total. The van der Waals surface area contributed by atoms with Gasteiger partial charge in [0.1, 0.15) is 11.9 Å². The van der Waals surface area contributed by atoms with Gasteiger partial charge in [0.05, 0.1) is 18.0 Å². The number of hydrogen-bond donors (Lipinski definition) is 1. The number of H-pyrrole nitrogens is 1. The van der Waals surface area contributed by atoms with E-state index in [0.717, 1.165) is 12.8 Å². The molecule has 1 aliphatic rings. The summed E-state index contributed by atoms with van der Waals surface area (Å²) in [4.78, 5) is 19.0. The van der Waals surface area contributed by atoms with Crippen molar-refractivity contribution in [3.05, 3.63) is 28.6 Å². The van der Waals surface area contributed by atoms with Crippen molar-refractivity contribution in [1.82, 2.24) is 9.97 Å². The van der Waals surface area contributed by atoms with Crippen LogP contribution in [0.3, 0.4) is 0 Å².